The van der Waals surface area contributed by atoms with Crippen molar-refractivity contribution in [1.82, 2.24) is 39.7 Å². The van der Waals surface area contributed by atoms with Crippen molar-refractivity contribution in [2.24, 2.45) is 11.7 Å². The smallest absolute Gasteiger partial charge is 0.248 e. The first-order chi connectivity index (χ1) is 17.4. The summed E-state index contributed by atoms with van der Waals surface area (Å²) in [6.07, 6.45) is 2.76. The van der Waals surface area contributed by atoms with Crippen molar-refractivity contribution in [3.8, 4) is 0 Å². The van der Waals surface area contributed by atoms with Crippen molar-refractivity contribution in [2.45, 2.75) is 6.54 Å². The number of primary amides is 1. The molecule has 0 saturated carbocycles. The molecular formula is C23H25FN10O2. The Kier molecular flexibility index (Phi) is 5.48. The molecule has 0 unspecified atom stereocenters. The van der Waals surface area contributed by atoms with E-state index in [1.807, 2.05) is 9.80 Å². The molecule has 0 bridgehead atoms. The molecule has 2 aliphatic heterocycles. The van der Waals surface area contributed by atoms with E-state index in [0.29, 0.717) is 67.7 Å². The van der Waals surface area contributed by atoms with Crippen LogP contribution in [0.5, 0.6) is 0 Å². The normalized spacial score (nSPS) is 17.1. The summed E-state index contributed by atoms with van der Waals surface area (Å²) in [6.45, 7) is 5.05. The zero-order valence-electron chi connectivity index (χ0n) is 19.5. The molecule has 0 spiro atoms. The summed E-state index contributed by atoms with van der Waals surface area (Å²) in [5, 5.41) is 8.74. The number of nitrogens with one attached hydrogen (secondary N) is 1. The molecule has 0 aliphatic carbocycles. The molecule has 3 aromatic heterocycles. The summed E-state index contributed by atoms with van der Waals surface area (Å²) in [5.41, 5.74) is 7.79. The first kappa shape index (κ1) is 22.3. The molecule has 2 aliphatic rings. The van der Waals surface area contributed by atoms with E-state index >= 15 is 0 Å². The van der Waals surface area contributed by atoms with E-state index in [-0.39, 0.29) is 11.7 Å². The number of aromatic nitrogens is 6. The molecule has 4 aromatic rings. The highest BCUT2D eigenvalue weighted by Crippen LogP contribution is 2.22. The van der Waals surface area contributed by atoms with Gasteiger partial charge in [0.05, 0.1) is 17.4 Å². The van der Waals surface area contributed by atoms with Crippen molar-refractivity contribution in [1.29, 1.82) is 0 Å². The van der Waals surface area contributed by atoms with E-state index in [9.17, 15) is 14.0 Å². The van der Waals surface area contributed by atoms with E-state index in [0.717, 1.165) is 24.1 Å². The number of amides is 2. The number of nitrogens with zero attached hydrogens (tertiary/aromatic N) is 8. The van der Waals surface area contributed by atoms with Gasteiger partial charge in [0.1, 0.15) is 11.2 Å². The van der Waals surface area contributed by atoms with Crippen LogP contribution in [0.2, 0.25) is 0 Å². The van der Waals surface area contributed by atoms with Crippen LogP contribution in [0.15, 0.2) is 30.6 Å². The average molecular weight is 493 g/mol. The number of fused-ring (bicyclic) bond motifs is 2. The van der Waals surface area contributed by atoms with Gasteiger partial charge < -0.3 is 20.5 Å². The number of anilines is 1. The number of nitrogens with two attached hydrogens (primary N) is 1. The average Bonchev–Trinajstić information content (AvgIpc) is 3.45. The van der Waals surface area contributed by atoms with Gasteiger partial charge in [-0.2, -0.15) is 4.98 Å². The molecule has 13 heteroatoms. The van der Waals surface area contributed by atoms with E-state index in [4.69, 9.17) is 5.73 Å². The molecule has 5 heterocycles. The zero-order valence-corrected chi connectivity index (χ0v) is 19.5. The Hall–Kier alpha value is -4.13. The maximum Gasteiger partial charge on any atom is 0.248 e. The molecule has 0 radical (unpaired) electrons. The molecule has 186 valence electrons. The summed E-state index contributed by atoms with van der Waals surface area (Å²) < 4.78 is 15.4. The van der Waals surface area contributed by atoms with Crippen LogP contribution in [-0.2, 0) is 11.3 Å². The predicted octanol–water partition coefficient (Wildman–Crippen LogP) is 0.221. The third-order valence-electron chi connectivity index (χ3n) is 6.91. The fraction of sp³-hybridized carbons (Fsp3) is 0.391. The maximum absolute atomic E-state index is 13.6. The van der Waals surface area contributed by atoms with Crippen LogP contribution in [0.1, 0.15) is 10.4 Å². The van der Waals surface area contributed by atoms with Crippen LogP contribution in [0.3, 0.4) is 0 Å². The second-order valence-electron chi connectivity index (χ2n) is 9.34. The Bertz CT molecular complexity index is 1450. The molecule has 6 rings (SSSR count). The van der Waals surface area contributed by atoms with Gasteiger partial charge in [0.2, 0.25) is 17.8 Å². The zero-order chi connectivity index (χ0) is 24.8. The van der Waals surface area contributed by atoms with Crippen LogP contribution in [0, 0.1) is 11.7 Å². The molecule has 2 amide bonds. The molecule has 1 aromatic carbocycles. The maximum atomic E-state index is 13.6. The lowest BCUT2D eigenvalue weighted by molar-refractivity contribution is -0.134. The largest absolute Gasteiger partial charge is 0.366 e. The molecule has 12 nitrogen and oxygen atoms in total. The Morgan fingerprint density at radius 3 is 2.75 bits per heavy atom. The number of carbonyl (C=O) groups excluding carboxylic acids is 2. The van der Waals surface area contributed by atoms with Gasteiger partial charge in [-0.1, -0.05) is 5.21 Å². The number of benzene rings is 1. The van der Waals surface area contributed by atoms with Gasteiger partial charge in [0.15, 0.2) is 5.82 Å². The highest BCUT2D eigenvalue weighted by molar-refractivity contribution is 5.96. The van der Waals surface area contributed by atoms with Crippen molar-refractivity contribution in [3.63, 3.8) is 0 Å². The summed E-state index contributed by atoms with van der Waals surface area (Å²) in [7, 11) is 0. The topological polar surface area (TPSA) is 142 Å². The van der Waals surface area contributed by atoms with Gasteiger partial charge in [-0.05, 0) is 18.2 Å². The SMILES string of the molecule is NC(=O)c1ccc2nnn(CC3CN(CC(=O)N4CCN(c5ncc6c(F)c[nH]c6n5)CC4)C3)c2c1. The lowest BCUT2D eigenvalue weighted by atomic mass is 10.00. The van der Waals surface area contributed by atoms with Crippen molar-refractivity contribution < 1.29 is 14.0 Å². The molecule has 3 N–H and O–H groups in total. The van der Waals surface area contributed by atoms with Gasteiger partial charge >= 0.3 is 0 Å². The summed E-state index contributed by atoms with van der Waals surface area (Å²) in [5.74, 6) is 0.135. The fourth-order valence-corrected chi connectivity index (χ4v) is 4.89. The quantitative estimate of drug-likeness (QED) is 0.389. The van der Waals surface area contributed by atoms with Crippen LogP contribution in [0.4, 0.5) is 10.3 Å². The van der Waals surface area contributed by atoms with Gasteiger partial charge in [-0.3, -0.25) is 14.5 Å². The standard InChI is InChI=1S/C23H25FN10O2/c24-17-9-26-22-16(17)8-27-23(28-22)33-5-3-32(4-6-33)20(35)13-31-10-14(11-31)12-34-19-7-15(21(25)36)1-2-18(19)29-30-34/h1-2,7-9,14H,3-6,10-13H2,(H2,25,36)(H,26,27,28). The number of hydrogen-bond acceptors (Lipinski definition) is 8. The Balaban J connectivity index is 0.987. The van der Waals surface area contributed by atoms with E-state index < -0.39 is 5.91 Å². The monoisotopic (exact) mass is 492 g/mol. The number of halogens is 1. The minimum Gasteiger partial charge on any atom is -0.366 e. The highest BCUT2D eigenvalue weighted by Gasteiger charge is 2.31. The Morgan fingerprint density at radius 2 is 1.97 bits per heavy atom. The third-order valence-corrected chi connectivity index (χ3v) is 6.91. The number of H-pyrrole nitrogens is 1. The van der Waals surface area contributed by atoms with Crippen molar-refractivity contribution in [3.05, 3.63) is 42.0 Å². The number of carbonyl (C=O) groups is 2. The molecular weight excluding hydrogens is 467 g/mol. The number of likely N-dealkylation sites (tertiary alicyclic amines) is 1. The van der Waals surface area contributed by atoms with Gasteiger partial charge in [0, 0.05) is 69.7 Å². The highest BCUT2D eigenvalue weighted by atomic mass is 19.1. The molecule has 2 fully saturated rings. The fourth-order valence-electron chi connectivity index (χ4n) is 4.89. The van der Waals surface area contributed by atoms with Crippen molar-refractivity contribution >= 4 is 39.8 Å². The lowest BCUT2D eigenvalue weighted by Gasteiger charge is -2.41. The molecule has 0 atom stereocenters. The Labute approximate surface area is 204 Å². The minimum absolute atomic E-state index is 0.105. The predicted molar refractivity (Wildman–Crippen MR) is 129 cm³/mol. The summed E-state index contributed by atoms with van der Waals surface area (Å²) in [6, 6.07) is 5.11. The number of piperazine rings is 1. The second-order valence-corrected chi connectivity index (χ2v) is 9.34. The van der Waals surface area contributed by atoms with Crippen LogP contribution in [0.25, 0.3) is 22.1 Å². The van der Waals surface area contributed by atoms with Crippen molar-refractivity contribution in [2.75, 3.05) is 50.7 Å². The van der Waals surface area contributed by atoms with Gasteiger partial charge in [0.25, 0.3) is 0 Å². The summed E-state index contributed by atoms with van der Waals surface area (Å²) in [4.78, 5) is 41.8. The minimum atomic E-state index is -0.483. The summed E-state index contributed by atoms with van der Waals surface area (Å²) >= 11 is 0. The number of hydrogen-bond donors (Lipinski definition) is 2. The van der Waals surface area contributed by atoms with Gasteiger partial charge in [-0.15, -0.1) is 5.10 Å². The number of aromatic amines is 1. The first-order valence-corrected chi connectivity index (χ1v) is 11.8. The Morgan fingerprint density at radius 1 is 1.17 bits per heavy atom. The molecule has 36 heavy (non-hydrogen) atoms. The first-order valence-electron chi connectivity index (χ1n) is 11.8. The van der Waals surface area contributed by atoms with Gasteiger partial charge in [-0.25, -0.2) is 14.1 Å². The number of rotatable bonds is 6. The third kappa shape index (κ3) is 4.11. The lowest BCUT2D eigenvalue weighted by Crippen LogP contribution is -2.55. The van der Waals surface area contributed by atoms with Crippen LogP contribution >= 0.6 is 0 Å². The van der Waals surface area contributed by atoms with E-state index in [1.54, 1.807) is 22.9 Å². The van der Waals surface area contributed by atoms with E-state index in [2.05, 4.69) is 30.2 Å². The van der Waals surface area contributed by atoms with Crippen LogP contribution < -0.4 is 10.6 Å². The second kappa shape index (κ2) is 8.82. The van der Waals surface area contributed by atoms with E-state index in [1.165, 1.54) is 12.4 Å². The van der Waals surface area contributed by atoms with Crippen LogP contribution in [-0.4, -0.2) is 97.4 Å². The molecule has 2 saturated heterocycles.